The minimum atomic E-state index is -4.21. The van der Waals surface area contributed by atoms with Gasteiger partial charge in [0.15, 0.2) is 0 Å². The predicted molar refractivity (Wildman–Crippen MR) is 171 cm³/mol. The molecule has 0 aliphatic carbocycles. The number of rotatable bonds is 12. The highest BCUT2D eigenvalue weighted by molar-refractivity contribution is 7.92. The van der Waals surface area contributed by atoms with Crippen molar-refractivity contribution >= 4 is 27.5 Å². The summed E-state index contributed by atoms with van der Waals surface area (Å²) in [5, 5.41) is 2.80. The molecule has 0 saturated carbocycles. The second-order valence-electron chi connectivity index (χ2n) is 10.8. The quantitative estimate of drug-likeness (QED) is 0.221. The topological polar surface area (TPSA) is 86.8 Å². The number of carbonyl (C=O) groups is 2. The van der Waals surface area contributed by atoms with Gasteiger partial charge in [-0.15, -0.1) is 0 Å². The molecule has 0 bridgehead atoms. The summed E-state index contributed by atoms with van der Waals surface area (Å²) >= 11 is 0. The standard InChI is InChI=1S/C35H38FN3O4S/c1-5-37-35(41)33(22-28-11-7-6-8-12-28)38(23-29-13-9-10-14-32(29)36)34(40)24-39(30-18-17-26(3)27(4)21-30)44(42,43)31-19-15-25(2)16-20-31/h6-21,33H,5,22-24H2,1-4H3,(H,37,41). The molecule has 1 N–H and O–H groups in total. The Morgan fingerprint density at radius 3 is 2.14 bits per heavy atom. The van der Waals surface area contributed by atoms with Crippen molar-refractivity contribution in [3.63, 3.8) is 0 Å². The van der Waals surface area contributed by atoms with Gasteiger partial charge in [0.2, 0.25) is 11.8 Å². The molecule has 4 rings (SSSR count). The van der Waals surface area contributed by atoms with Gasteiger partial charge in [-0.25, -0.2) is 12.8 Å². The maximum atomic E-state index is 15.0. The van der Waals surface area contributed by atoms with Gasteiger partial charge < -0.3 is 10.2 Å². The van der Waals surface area contributed by atoms with Crippen LogP contribution in [0.25, 0.3) is 0 Å². The van der Waals surface area contributed by atoms with E-state index in [2.05, 4.69) is 5.32 Å². The molecular weight excluding hydrogens is 577 g/mol. The molecule has 0 aromatic heterocycles. The fraction of sp³-hybridized carbons (Fsp3) is 0.257. The predicted octanol–water partition coefficient (Wildman–Crippen LogP) is 5.72. The zero-order valence-electron chi connectivity index (χ0n) is 25.5. The Balaban J connectivity index is 1.82. The summed E-state index contributed by atoms with van der Waals surface area (Å²) < 4.78 is 44.3. The molecule has 0 saturated heterocycles. The summed E-state index contributed by atoms with van der Waals surface area (Å²) in [5.41, 5.74) is 4.03. The van der Waals surface area contributed by atoms with Crippen LogP contribution in [0.2, 0.25) is 0 Å². The first-order chi connectivity index (χ1) is 21.0. The number of nitrogens with zero attached hydrogens (tertiary/aromatic N) is 2. The van der Waals surface area contributed by atoms with Crippen molar-refractivity contribution in [2.75, 3.05) is 17.4 Å². The van der Waals surface area contributed by atoms with E-state index in [1.54, 1.807) is 55.5 Å². The average Bonchev–Trinajstić information content (AvgIpc) is 3.00. The lowest BCUT2D eigenvalue weighted by molar-refractivity contribution is -0.140. The Labute approximate surface area is 259 Å². The van der Waals surface area contributed by atoms with Gasteiger partial charge in [-0.1, -0.05) is 72.3 Å². The SMILES string of the molecule is CCNC(=O)C(Cc1ccccc1)N(Cc1ccccc1F)C(=O)CN(c1ccc(C)c(C)c1)S(=O)(=O)c1ccc(C)cc1. The van der Waals surface area contributed by atoms with Crippen molar-refractivity contribution < 1.29 is 22.4 Å². The first-order valence-electron chi connectivity index (χ1n) is 14.5. The number of hydrogen-bond acceptors (Lipinski definition) is 4. The highest BCUT2D eigenvalue weighted by Gasteiger charge is 2.35. The van der Waals surface area contributed by atoms with Crippen molar-refractivity contribution in [1.29, 1.82) is 0 Å². The van der Waals surface area contributed by atoms with Crippen molar-refractivity contribution in [2.45, 2.75) is 51.6 Å². The average molecular weight is 616 g/mol. The van der Waals surface area contributed by atoms with E-state index in [1.165, 1.54) is 23.1 Å². The van der Waals surface area contributed by atoms with E-state index in [0.717, 1.165) is 26.6 Å². The van der Waals surface area contributed by atoms with Gasteiger partial charge in [-0.2, -0.15) is 0 Å². The molecule has 230 valence electrons. The lowest BCUT2D eigenvalue weighted by Crippen LogP contribution is -2.53. The monoisotopic (exact) mass is 615 g/mol. The number of amides is 2. The molecule has 44 heavy (non-hydrogen) atoms. The molecule has 0 heterocycles. The number of halogens is 1. The largest absolute Gasteiger partial charge is 0.355 e. The molecule has 0 fully saturated rings. The number of carbonyl (C=O) groups excluding carboxylic acids is 2. The highest BCUT2D eigenvalue weighted by Crippen LogP contribution is 2.27. The number of sulfonamides is 1. The molecular formula is C35H38FN3O4S. The maximum Gasteiger partial charge on any atom is 0.264 e. The summed E-state index contributed by atoms with van der Waals surface area (Å²) in [6.45, 7) is 6.91. The van der Waals surface area contributed by atoms with Crippen LogP contribution in [-0.4, -0.2) is 44.3 Å². The number of likely N-dealkylation sites (N-methyl/N-ethyl adjacent to an activating group) is 1. The maximum absolute atomic E-state index is 15.0. The molecule has 1 atom stereocenters. The fourth-order valence-corrected chi connectivity index (χ4v) is 6.31. The van der Waals surface area contributed by atoms with Crippen LogP contribution >= 0.6 is 0 Å². The smallest absolute Gasteiger partial charge is 0.264 e. The molecule has 0 aliphatic rings. The first kappa shape index (κ1) is 32.4. The summed E-state index contributed by atoms with van der Waals surface area (Å²) in [5.74, 6) is -1.59. The van der Waals surface area contributed by atoms with E-state index in [0.29, 0.717) is 12.2 Å². The van der Waals surface area contributed by atoms with Crippen LogP contribution in [0.15, 0.2) is 102 Å². The van der Waals surface area contributed by atoms with E-state index in [-0.39, 0.29) is 23.4 Å². The van der Waals surface area contributed by atoms with E-state index >= 15 is 0 Å². The van der Waals surface area contributed by atoms with Crippen molar-refractivity contribution in [1.82, 2.24) is 10.2 Å². The summed E-state index contributed by atoms with van der Waals surface area (Å²) in [6, 6.07) is 25.8. The van der Waals surface area contributed by atoms with Crippen LogP contribution in [0, 0.1) is 26.6 Å². The van der Waals surface area contributed by atoms with Gasteiger partial charge in [0.25, 0.3) is 10.0 Å². The molecule has 4 aromatic rings. The number of hydrogen-bond donors (Lipinski definition) is 1. The van der Waals surface area contributed by atoms with Gasteiger partial charge in [0.1, 0.15) is 18.4 Å². The minimum Gasteiger partial charge on any atom is -0.355 e. The fourth-order valence-electron chi connectivity index (χ4n) is 4.90. The lowest BCUT2D eigenvalue weighted by atomic mass is 10.0. The second kappa shape index (κ2) is 14.3. The zero-order chi connectivity index (χ0) is 31.9. The molecule has 0 spiro atoms. The van der Waals surface area contributed by atoms with Gasteiger partial charge in [-0.05, 0) is 74.7 Å². The van der Waals surface area contributed by atoms with Gasteiger partial charge in [0, 0.05) is 25.1 Å². The second-order valence-corrected chi connectivity index (χ2v) is 12.7. The summed E-state index contributed by atoms with van der Waals surface area (Å²) in [6.07, 6.45) is 0.154. The zero-order valence-corrected chi connectivity index (χ0v) is 26.3. The highest BCUT2D eigenvalue weighted by atomic mass is 32.2. The Kier molecular flexibility index (Phi) is 10.5. The van der Waals surface area contributed by atoms with E-state index in [9.17, 15) is 22.4 Å². The van der Waals surface area contributed by atoms with Crippen molar-refractivity contribution in [3.8, 4) is 0 Å². The van der Waals surface area contributed by atoms with Crippen molar-refractivity contribution in [2.24, 2.45) is 0 Å². The third-order valence-electron chi connectivity index (χ3n) is 7.59. The van der Waals surface area contributed by atoms with E-state index < -0.39 is 40.2 Å². The molecule has 0 radical (unpaired) electrons. The molecule has 2 amide bonds. The Morgan fingerprint density at radius 1 is 0.841 bits per heavy atom. The van der Waals surface area contributed by atoms with Gasteiger partial charge in [-0.3, -0.25) is 13.9 Å². The summed E-state index contributed by atoms with van der Waals surface area (Å²) in [7, 11) is -4.21. The van der Waals surface area contributed by atoms with Crippen LogP contribution in [0.1, 0.15) is 34.7 Å². The molecule has 4 aromatic carbocycles. The first-order valence-corrected chi connectivity index (χ1v) is 16.0. The normalized spacial score (nSPS) is 11.9. The Morgan fingerprint density at radius 2 is 1.50 bits per heavy atom. The van der Waals surface area contributed by atoms with Crippen LogP contribution in [-0.2, 0) is 32.6 Å². The number of anilines is 1. The van der Waals surface area contributed by atoms with Gasteiger partial charge in [0.05, 0.1) is 10.6 Å². The van der Waals surface area contributed by atoms with Crippen molar-refractivity contribution in [3.05, 3.63) is 131 Å². The Bertz CT molecular complexity index is 1710. The van der Waals surface area contributed by atoms with Gasteiger partial charge >= 0.3 is 0 Å². The number of nitrogens with one attached hydrogen (secondary N) is 1. The third-order valence-corrected chi connectivity index (χ3v) is 9.38. The summed E-state index contributed by atoms with van der Waals surface area (Å²) in [4.78, 5) is 29.2. The third kappa shape index (κ3) is 7.71. The molecule has 9 heteroatoms. The molecule has 0 aliphatic heterocycles. The van der Waals surface area contributed by atoms with Crippen LogP contribution in [0.4, 0.5) is 10.1 Å². The molecule has 7 nitrogen and oxygen atoms in total. The Hall–Kier alpha value is -4.50. The van der Waals surface area contributed by atoms with Crippen LogP contribution < -0.4 is 9.62 Å². The minimum absolute atomic E-state index is 0.0272. The van der Waals surface area contributed by atoms with E-state index in [1.807, 2.05) is 51.1 Å². The van der Waals surface area contributed by atoms with Crippen LogP contribution in [0.5, 0.6) is 0 Å². The van der Waals surface area contributed by atoms with E-state index in [4.69, 9.17) is 0 Å². The molecule has 1 unspecified atom stereocenters. The number of benzene rings is 4. The number of aryl methyl sites for hydroxylation is 3. The van der Waals surface area contributed by atoms with Crippen LogP contribution in [0.3, 0.4) is 0 Å². The lowest BCUT2D eigenvalue weighted by Gasteiger charge is -2.34.